The first-order valence-electron chi connectivity index (χ1n) is 5.40. The Morgan fingerprint density at radius 2 is 2.17 bits per heavy atom. The molecule has 1 aromatic carbocycles. The topological polar surface area (TPSA) is 65.0 Å². The summed E-state index contributed by atoms with van der Waals surface area (Å²) in [5.74, 6) is 0.395. The maximum absolute atomic E-state index is 11.4. The summed E-state index contributed by atoms with van der Waals surface area (Å²) in [4.78, 5) is 11.4. The molecule has 0 aromatic heterocycles. The maximum Gasteiger partial charge on any atom is 0.339 e. The minimum atomic E-state index is -1.35. The number of aryl methyl sites for hydroxylation is 1. The second-order valence-electron chi connectivity index (χ2n) is 3.87. The largest absolute Gasteiger partial charge is 0.486 e. The molecular formula is C12H13BrO5. The number of aliphatic hydroxyl groups is 1. The molecule has 1 aromatic rings. The van der Waals surface area contributed by atoms with E-state index in [9.17, 15) is 9.90 Å². The van der Waals surface area contributed by atoms with Gasteiger partial charge < -0.3 is 19.3 Å². The molecule has 2 rings (SSSR count). The van der Waals surface area contributed by atoms with Gasteiger partial charge in [0.05, 0.1) is 11.6 Å². The zero-order valence-electron chi connectivity index (χ0n) is 10.0. The number of esters is 1. The molecule has 0 bridgehead atoms. The van der Waals surface area contributed by atoms with Gasteiger partial charge in [0, 0.05) is 5.56 Å². The van der Waals surface area contributed by atoms with Gasteiger partial charge in [-0.15, -0.1) is 0 Å². The van der Waals surface area contributed by atoms with E-state index in [2.05, 4.69) is 20.7 Å². The molecule has 0 saturated carbocycles. The average Bonchev–Trinajstić information content (AvgIpc) is 2.37. The van der Waals surface area contributed by atoms with Crippen molar-refractivity contribution in [3.05, 3.63) is 21.7 Å². The van der Waals surface area contributed by atoms with Crippen LogP contribution >= 0.6 is 15.9 Å². The second-order valence-corrected chi connectivity index (χ2v) is 4.66. The molecule has 5 nitrogen and oxygen atoms in total. The number of hydrogen-bond donors (Lipinski definition) is 1. The van der Waals surface area contributed by atoms with Crippen molar-refractivity contribution >= 4 is 21.9 Å². The highest BCUT2D eigenvalue weighted by molar-refractivity contribution is 9.10. The minimum absolute atomic E-state index is 0.433. The number of methoxy groups -OCH3 is 1. The lowest BCUT2D eigenvalue weighted by molar-refractivity contribution is -0.150. The zero-order chi connectivity index (χ0) is 13.3. The highest BCUT2D eigenvalue weighted by Gasteiger charge is 2.28. The normalized spacial score (nSPS) is 15.1. The van der Waals surface area contributed by atoms with Crippen LogP contribution in [0.25, 0.3) is 0 Å². The van der Waals surface area contributed by atoms with Crippen LogP contribution in [0.4, 0.5) is 0 Å². The predicted molar refractivity (Wildman–Crippen MR) is 66.8 cm³/mol. The van der Waals surface area contributed by atoms with Crippen LogP contribution in [-0.4, -0.2) is 31.4 Å². The Labute approximate surface area is 113 Å². The Hall–Kier alpha value is -1.27. The number of fused-ring (bicyclic) bond motifs is 1. The van der Waals surface area contributed by atoms with Crippen molar-refractivity contribution in [3.63, 3.8) is 0 Å². The summed E-state index contributed by atoms with van der Waals surface area (Å²) in [5, 5.41) is 9.95. The Morgan fingerprint density at radius 3 is 2.83 bits per heavy atom. The molecule has 0 aliphatic carbocycles. The van der Waals surface area contributed by atoms with E-state index in [1.165, 1.54) is 7.11 Å². The van der Waals surface area contributed by atoms with Gasteiger partial charge >= 0.3 is 5.97 Å². The van der Waals surface area contributed by atoms with Gasteiger partial charge in [0.25, 0.3) is 0 Å². The predicted octanol–water partition coefficient (Wildman–Crippen LogP) is 1.74. The highest BCUT2D eigenvalue weighted by atomic mass is 79.9. The molecule has 0 fully saturated rings. The van der Waals surface area contributed by atoms with Gasteiger partial charge in [0.2, 0.25) is 0 Å². The highest BCUT2D eigenvalue weighted by Crippen LogP contribution is 2.43. The first-order valence-corrected chi connectivity index (χ1v) is 6.20. The molecule has 1 aliphatic heterocycles. The van der Waals surface area contributed by atoms with Crippen molar-refractivity contribution in [3.8, 4) is 11.5 Å². The second kappa shape index (κ2) is 5.16. The molecule has 18 heavy (non-hydrogen) atoms. The number of ether oxygens (including phenoxy) is 3. The fourth-order valence-electron chi connectivity index (χ4n) is 1.85. The molecule has 1 heterocycles. The molecule has 1 unspecified atom stereocenters. The van der Waals surface area contributed by atoms with E-state index in [1.54, 1.807) is 13.0 Å². The number of benzene rings is 1. The molecule has 0 radical (unpaired) electrons. The fraction of sp³-hybridized carbons (Fsp3) is 0.417. The summed E-state index contributed by atoms with van der Waals surface area (Å²) in [7, 11) is 1.23. The lowest BCUT2D eigenvalue weighted by atomic mass is 10.0. The van der Waals surface area contributed by atoms with E-state index in [1.807, 2.05) is 0 Å². The van der Waals surface area contributed by atoms with Crippen LogP contribution in [0.5, 0.6) is 11.5 Å². The number of rotatable bonds is 2. The van der Waals surface area contributed by atoms with E-state index < -0.39 is 12.1 Å². The average molecular weight is 317 g/mol. The number of halogens is 1. The monoisotopic (exact) mass is 316 g/mol. The van der Waals surface area contributed by atoms with Crippen molar-refractivity contribution in [2.45, 2.75) is 13.0 Å². The number of carbonyl (C=O) groups excluding carboxylic acids is 1. The third-order valence-electron chi connectivity index (χ3n) is 2.72. The molecular weight excluding hydrogens is 304 g/mol. The van der Waals surface area contributed by atoms with Crippen LogP contribution in [-0.2, 0) is 9.53 Å². The SMILES string of the molecule is COC(=O)C(O)c1c(C)cc2c(c1Br)OCCO2. The van der Waals surface area contributed by atoms with Crippen LogP contribution in [0.3, 0.4) is 0 Å². The summed E-state index contributed by atoms with van der Waals surface area (Å²) in [5.41, 5.74) is 1.16. The molecule has 1 N–H and O–H groups in total. The first-order chi connectivity index (χ1) is 8.56. The molecule has 1 aliphatic rings. The maximum atomic E-state index is 11.4. The van der Waals surface area contributed by atoms with Crippen molar-refractivity contribution in [2.75, 3.05) is 20.3 Å². The van der Waals surface area contributed by atoms with Gasteiger partial charge in [-0.25, -0.2) is 4.79 Å². The van der Waals surface area contributed by atoms with Crippen molar-refractivity contribution < 1.29 is 24.1 Å². The van der Waals surface area contributed by atoms with Crippen molar-refractivity contribution in [1.82, 2.24) is 0 Å². The van der Waals surface area contributed by atoms with Crippen LogP contribution in [0.15, 0.2) is 10.5 Å². The van der Waals surface area contributed by atoms with Gasteiger partial charge in [-0.05, 0) is 34.5 Å². The van der Waals surface area contributed by atoms with E-state index >= 15 is 0 Å². The third kappa shape index (κ3) is 2.18. The molecule has 0 amide bonds. The number of hydrogen-bond acceptors (Lipinski definition) is 5. The van der Waals surface area contributed by atoms with Gasteiger partial charge in [-0.1, -0.05) is 0 Å². The van der Waals surface area contributed by atoms with Crippen molar-refractivity contribution in [2.24, 2.45) is 0 Å². The quantitative estimate of drug-likeness (QED) is 0.842. The van der Waals surface area contributed by atoms with Gasteiger partial charge in [-0.2, -0.15) is 0 Å². The molecule has 0 saturated heterocycles. The molecule has 6 heteroatoms. The van der Waals surface area contributed by atoms with Crippen molar-refractivity contribution in [1.29, 1.82) is 0 Å². The Balaban J connectivity index is 2.51. The molecule has 1 atom stereocenters. The lowest BCUT2D eigenvalue weighted by Crippen LogP contribution is -2.19. The van der Waals surface area contributed by atoms with E-state index in [0.29, 0.717) is 34.7 Å². The zero-order valence-corrected chi connectivity index (χ0v) is 11.6. The van der Waals surface area contributed by atoms with Gasteiger partial charge in [0.1, 0.15) is 13.2 Å². The van der Waals surface area contributed by atoms with Crippen LogP contribution < -0.4 is 9.47 Å². The van der Waals surface area contributed by atoms with E-state index in [4.69, 9.17) is 9.47 Å². The van der Waals surface area contributed by atoms with Crippen LogP contribution in [0.2, 0.25) is 0 Å². The Morgan fingerprint density at radius 1 is 1.50 bits per heavy atom. The van der Waals surface area contributed by atoms with E-state index in [-0.39, 0.29) is 0 Å². The minimum Gasteiger partial charge on any atom is -0.486 e. The summed E-state index contributed by atoms with van der Waals surface area (Å²) < 4.78 is 16.0. The summed E-state index contributed by atoms with van der Waals surface area (Å²) >= 11 is 3.34. The fourth-order valence-corrected chi connectivity index (χ4v) is 2.69. The summed E-state index contributed by atoms with van der Waals surface area (Å²) in [6.45, 7) is 2.70. The van der Waals surface area contributed by atoms with Gasteiger partial charge in [0.15, 0.2) is 17.6 Å². The number of carbonyl (C=O) groups is 1. The van der Waals surface area contributed by atoms with E-state index in [0.717, 1.165) is 5.56 Å². The standard InChI is InChI=1S/C12H13BrO5/c1-6-5-7-11(18-4-3-17-7)9(13)8(6)10(14)12(15)16-2/h5,10,14H,3-4H2,1-2H3. The van der Waals surface area contributed by atoms with Crippen LogP contribution in [0.1, 0.15) is 17.2 Å². The molecule has 0 spiro atoms. The van der Waals surface area contributed by atoms with Crippen LogP contribution in [0, 0.1) is 6.92 Å². The Bertz CT molecular complexity index is 486. The number of aliphatic hydroxyl groups excluding tert-OH is 1. The smallest absolute Gasteiger partial charge is 0.339 e. The third-order valence-corrected chi connectivity index (χ3v) is 3.50. The Kier molecular flexibility index (Phi) is 3.77. The van der Waals surface area contributed by atoms with Gasteiger partial charge in [-0.3, -0.25) is 0 Å². The molecule has 98 valence electrons. The first kappa shape index (κ1) is 13.2. The lowest BCUT2D eigenvalue weighted by Gasteiger charge is -2.23. The summed E-state index contributed by atoms with van der Waals surface area (Å²) in [6, 6.07) is 1.74. The summed E-state index contributed by atoms with van der Waals surface area (Å²) in [6.07, 6.45) is -1.35.